The zero-order chi connectivity index (χ0) is 19.5. The molecule has 0 saturated carbocycles. The Morgan fingerprint density at radius 2 is 1.68 bits per heavy atom. The van der Waals surface area contributed by atoms with E-state index in [2.05, 4.69) is 10.3 Å². The summed E-state index contributed by atoms with van der Waals surface area (Å²) in [6.07, 6.45) is 1.52. The molecule has 0 fully saturated rings. The lowest BCUT2D eigenvalue weighted by Crippen LogP contribution is -2.14. The van der Waals surface area contributed by atoms with Crippen molar-refractivity contribution in [1.29, 1.82) is 0 Å². The first-order valence-corrected chi connectivity index (χ1v) is 8.85. The number of amides is 1. The Labute approximate surface area is 162 Å². The summed E-state index contributed by atoms with van der Waals surface area (Å²) < 4.78 is 5.22. The third-order valence-electron chi connectivity index (χ3n) is 4.60. The van der Waals surface area contributed by atoms with Crippen LogP contribution in [0, 0.1) is 0 Å². The number of anilines is 2. The van der Waals surface area contributed by atoms with Crippen molar-refractivity contribution in [1.82, 2.24) is 4.98 Å². The molecule has 0 atom stereocenters. The first kappa shape index (κ1) is 17.5. The highest BCUT2D eigenvalue weighted by atomic mass is 16.5. The largest absolute Gasteiger partial charge is 0.497 e. The van der Waals surface area contributed by atoms with Gasteiger partial charge in [0.2, 0.25) is 0 Å². The number of nitrogens with one attached hydrogen (secondary N) is 1. The number of carbonyl (C=O) groups excluding carboxylic acids is 1. The quantitative estimate of drug-likeness (QED) is 0.532. The summed E-state index contributed by atoms with van der Waals surface area (Å²) in [5, 5.41) is 4.14. The topological polar surface area (TPSA) is 77.2 Å². The molecule has 3 aromatic carbocycles. The van der Waals surface area contributed by atoms with Crippen LogP contribution in [0.25, 0.3) is 22.0 Å². The fraction of sp³-hybridized carbons (Fsp3) is 0.0435. The second-order valence-electron chi connectivity index (χ2n) is 6.36. The van der Waals surface area contributed by atoms with Gasteiger partial charge in [-0.05, 0) is 41.5 Å². The normalized spacial score (nSPS) is 10.6. The average Bonchev–Trinajstić information content (AvgIpc) is 2.74. The lowest BCUT2D eigenvalue weighted by Gasteiger charge is -2.14. The predicted molar refractivity (Wildman–Crippen MR) is 112 cm³/mol. The highest BCUT2D eigenvalue weighted by Gasteiger charge is 2.14. The van der Waals surface area contributed by atoms with Gasteiger partial charge in [-0.1, -0.05) is 42.5 Å². The van der Waals surface area contributed by atoms with E-state index in [1.807, 2.05) is 72.8 Å². The van der Waals surface area contributed by atoms with Crippen LogP contribution in [-0.2, 0) is 0 Å². The number of ether oxygens (including phenoxy) is 1. The molecule has 1 amide bonds. The molecule has 4 aromatic rings. The van der Waals surface area contributed by atoms with Gasteiger partial charge >= 0.3 is 0 Å². The molecule has 5 heteroatoms. The van der Waals surface area contributed by atoms with E-state index in [9.17, 15) is 4.79 Å². The fourth-order valence-corrected chi connectivity index (χ4v) is 3.14. The third-order valence-corrected chi connectivity index (χ3v) is 4.60. The number of hydrogen-bond donors (Lipinski definition) is 2. The van der Waals surface area contributed by atoms with Gasteiger partial charge in [-0.25, -0.2) is 0 Å². The second kappa shape index (κ2) is 7.40. The number of nitrogens with zero attached hydrogens (tertiary/aromatic N) is 1. The highest BCUT2D eigenvalue weighted by molar-refractivity contribution is 6.08. The number of rotatable bonds is 5. The Bertz CT molecular complexity index is 1140. The number of nitrogens with two attached hydrogens (primary N) is 1. The molecule has 28 heavy (non-hydrogen) atoms. The van der Waals surface area contributed by atoms with Gasteiger partial charge < -0.3 is 15.8 Å². The lowest BCUT2D eigenvalue weighted by molar-refractivity contribution is 0.100. The van der Waals surface area contributed by atoms with E-state index >= 15 is 0 Å². The first-order chi connectivity index (χ1) is 13.7. The number of para-hydroxylation sites is 1. The van der Waals surface area contributed by atoms with E-state index in [0.29, 0.717) is 11.3 Å². The predicted octanol–water partition coefficient (Wildman–Crippen LogP) is 4.75. The molecule has 1 aromatic heterocycles. The van der Waals surface area contributed by atoms with Crippen molar-refractivity contribution in [2.24, 2.45) is 5.73 Å². The fourth-order valence-electron chi connectivity index (χ4n) is 3.14. The van der Waals surface area contributed by atoms with Gasteiger partial charge in [-0.15, -0.1) is 0 Å². The Hall–Kier alpha value is -3.86. The molecule has 5 nitrogen and oxygen atoms in total. The maximum Gasteiger partial charge on any atom is 0.252 e. The number of benzene rings is 3. The number of primary amides is 1. The standard InChI is InChI=1S/C23H19N3O2/c1-28-18-10-7-15(8-11-18)16-9-12-19-21(13-16)25-14-20(23(24)27)22(19)26-17-5-3-2-4-6-17/h2-14H,1H3,(H2,24,27)(H,25,26). The van der Waals surface area contributed by atoms with E-state index in [1.165, 1.54) is 6.20 Å². The van der Waals surface area contributed by atoms with Crippen LogP contribution >= 0.6 is 0 Å². The summed E-state index contributed by atoms with van der Waals surface area (Å²) in [5.41, 5.74) is 10.3. The van der Waals surface area contributed by atoms with Crippen LogP contribution in [0.15, 0.2) is 79.0 Å². The number of aromatic nitrogens is 1. The molecule has 0 aliphatic carbocycles. The summed E-state index contributed by atoms with van der Waals surface area (Å²) in [6, 6.07) is 23.5. The Morgan fingerprint density at radius 3 is 2.36 bits per heavy atom. The molecular weight excluding hydrogens is 350 g/mol. The zero-order valence-corrected chi connectivity index (χ0v) is 15.3. The van der Waals surface area contributed by atoms with E-state index in [-0.39, 0.29) is 0 Å². The number of pyridine rings is 1. The van der Waals surface area contributed by atoms with Crippen LogP contribution in [-0.4, -0.2) is 18.0 Å². The maximum absolute atomic E-state index is 11.9. The molecule has 0 aliphatic rings. The molecule has 0 radical (unpaired) electrons. The van der Waals surface area contributed by atoms with Crippen LogP contribution in [0.5, 0.6) is 5.75 Å². The minimum atomic E-state index is -0.521. The SMILES string of the molecule is COc1ccc(-c2ccc3c(Nc4ccccc4)c(C(N)=O)cnc3c2)cc1. The van der Waals surface area contributed by atoms with E-state index < -0.39 is 5.91 Å². The summed E-state index contributed by atoms with van der Waals surface area (Å²) in [4.78, 5) is 16.4. The van der Waals surface area contributed by atoms with Gasteiger partial charge in [0.1, 0.15) is 5.75 Å². The highest BCUT2D eigenvalue weighted by Crippen LogP contribution is 2.32. The molecule has 0 aliphatic heterocycles. The summed E-state index contributed by atoms with van der Waals surface area (Å²) >= 11 is 0. The molecule has 1 heterocycles. The van der Waals surface area contributed by atoms with Crippen molar-refractivity contribution in [3.63, 3.8) is 0 Å². The van der Waals surface area contributed by atoms with Crippen molar-refractivity contribution >= 4 is 28.2 Å². The van der Waals surface area contributed by atoms with Crippen LogP contribution in [0.3, 0.4) is 0 Å². The van der Waals surface area contributed by atoms with Gasteiger partial charge in [0.25, 0.3) is 5.91 Å². The molecule has 0 saturated heterocycles. The van der Waals surface area contributed by atoms with Crippen molar-refractivity contribution in [3.05, 3.63) is 84.6 Å². The Kier molecular flexibility index (Phi) is 4.64. The minimum Gasteiger partial charge on any atom is -0.497 e. The smallest absolute Gasteiger partial charge is 0.252 e. The number of methoxy groups -OCH3 is 1. The van der Waals surface area contributed by atoms with Crippen molar-refractivity contribution in [3.8, 4) is 16.9 Å². The van der Waals surface area contributed by atoms with Crippen LogP contribution < -0.4 is 15.8 Å². The molecule has 138 valence electrons. The third kappa shape index (κ3) is 3.38. The summed E-state index contributed by atoms with van der Waals surface area (Å²) in [7, 11) is 1.65. The van der Waals surface area contributed by atoms with Gasteiger partial charge in [0.05, 0.1) is 23.9 Å². The Morgan fingerprint density at radius 1 is 0.964 bits per heavy atom. The van der Waals surface area contributed by atoms with Crippen LogP contribution in [0.1, 0.15) is 10.4 Å². The first-order valence-electron chi connectivity index (χ1n) is 8.85. The van der Waals surface area contributed by atoms with Crippen molar-refractivity contribution in [2.45, 2.75) is 0 Å². The zero-order valence-electron chi connectivity index (χ0n) is 15.3. The average molecular weight is 369 g/mol. The summed E-state index contributed by atoms with van der Waals surface area (Å²) in [5.74, 6) is 0.287. The molecule has 0 bridgehead atoms. The van der Waals surface area contributed by atoms with Gasteiger partial charge in [-0.3, -0.25) is 9.78 Å². The Balaban J connectivity index is 1.82. The van der Waals surface area contributed by atoms with Crippen molar-refractivity contribution in [2.75, 3.05) is 12.4 Å². The van der Waals surface area contributed by atoms with Crippen LogP contribution in [0.4, 0.5) is 11.4 Å². The molecule has 0 spiro atoms. The monoisotopic (exact) mass is 369 g/mol. The molecular formula is C23H19N3O2. The van der Waals surface area contributed by atoms with Crippen LogP contribution in [0.2, 0.25) is 0 Å². The van der Waals surface area contributed by atoms with Gasteiger partial charge in [0, 0.05) is 17.3 Å². The number of hydrogen-bond acceptors (Lipinski definition) is 4. The van der Waals surface area contributed by atoms with E-state index in [0.717, 1.165) is 33.5 Å². The summed E-state index contributed by atoms with van der Waals surface area (Å²) in [6.45, 7) is 0. The number of fused-ring (bicyclic) bond motifs is 1. The number of carbonyl (C=O) groups is 1. The van der Waals surface area contributed by atoms with Gasteiger partial charge in [-0.2, -0.15) is 0 Å². The van der Waals surface area contributed by atoms with E-state index in [1.54, 1.807) is 7.11 Å². The molecule has 4 rings (SSSR count). The molecule has 0 unspecified atom stereocenters. The minimum absolute atomic E-state index is 0.355. The van der Waals surface area contributed by atoms with Crippen molar-refractivity contribution < 1.29 is 9.53 Å². The maximum atomic E-state index is 11.9. The molecule has 3 N–H and O–H groups in total. The van der Waals surface area contributed by atoms with E-state index in [4.69, 9.17) is 10.5 Å². The lowest BCUT2D eigenvalue weighted by atomic mass is 10.0. The second-order valence-corrected chi connectivity index (χ2v) is 6.36. The van der Waals surface area contributed by atoms with Gasteiger partial charge in [0.15, 0.2) is 0 Å².